The summed E-state index contributed by atoms with van der Waals surface area (Å²) in [7, 11) is -0.223. The molecular weight excluding hydrogens is 527 g/mol. The number of aryl methyl sites for hydroxylation is 2. The van der Waals surface area contributed by atoms with Crippen molar-refractivity contribution in [1.82, 2.24) is 4.57 Å². The number of pyridine rings is 1. The maximum Gasteiger partial charge on any atom is 0.271 e. The van der Waals surface area contributed by atoms with Gasteiger partial charge in [0.1, 0.15) is 31.4 Å². The van der Waals surface area contributed by atoms with Gasteiger partial charge in [0, 0.05) is 36.7 Å². The van der Waals surface area contributed by atoms with E-state index in [1.165, 1.54) is 17.0 Å². The van der Waals surface area contributed by atoms with Crippen LogP contribution in [0.3, 0.4) is 0 Å². The highest BCUT2D eigenvalue weighted by Gasteiger charge is 2.24. The van der Waals surface area contributed by atoms with E-state index in [0.717, 1.165) is 31.2 Å². The fourth-order valence-electron chi connectivity index (χ4n) is 3.79. The van der Waals surface area contributed by atoms with Gasteiger partial charge < -0.3 is 9.45 Å². The number of hydrogen-bond acceptors (Lipinski definition) is 7. The van der Waals surface area contributed by atoms with Crippen LogP contribution in [0, 0.1) is 6.92 Å². The molecule has 0 saturated heterocycles. The molecule has 0 atom stereocenters. The second-order valence-corrected chi connectivity index (χ2v) is 11.8. The van der Waals surface area contributed by atoms with Crippen LogP contribution in [-0.4, -0.2) is 24.6 Å². The third-order valence-electron chi connectivity index (χ3n) is 5.84. The summed E-state index contributed by atoms with van der Waals surface area (Å²) < 4.78 is 36.9. The third-order valence-corrected chi connectivity index (χ3v) is 9.17. The van der Waals surface area contributed by atoms with E-state index in [-0.39, 0.29) is 10.5 Å². The molecule has 0 radical (unpaired) electrons. The molecule has 0 aliphatic carbocycles. The van der Waals surface area contributed by atoms with E-state index in [4.69, 9.17) is 0 Å². The Hall–Kier alpha value is -3.18. The van der Waals surface area contributed by atoms with Crippen LogP contribution in [0.25, 0.3) is 11.1 Å². The van der Waals surface area contributed by atoms with E-state index in [1.54, 1.807) is 35.2 Å². The van der Waals surface area contributed by atoms with E-state index in [9.17, 15) is 17.8 Å². The summed E-state index contributed by atoms with van der Waals surface area (Å²) in [6.07, 6.45) is 4.10. The van der Waals surface area contributed by atoms with Crippen molar-refractivity contribution in [2.24, 2.45) is 7.05 Å². The van der Waals surface area contributed by atoms with Gasteiger partial charge in [0.2, 0.25) is 5.69 Å². The maximum atomic E-state index is 13.1. The van der Waals surface area contributed by atoms with Gasteiger partial charge in [0.15, 0.2) is 6.20 Å². The van der Waals surface area contributed by atoms with Crippen LogP contribution in [0.4, 0.5) is 5.69 Å². The molecule has 2 aromatic carbocycles. The molecule has 4 aromatic rings. The van der Waals surface area contributed by atoms with Crippen LogP contribution >= 0.6 is 23.1 Å². The van der Waals surface area contributed by atoms with Gasteiger partial charge in [-0.3, -0.25) is 9.36 Å². The highest BCUT2D eigenvalue weighted by molar-refractivity contribution is 8.08. The molecule has 0 spiro atoms. The molecule has 37 heavy (non-hydrogen) atoms. The zero-order chi connectivity index (χ0) is 26.7. The molecule has 1 aliphatic heterocycles. The Kier molecular flexibility index (Phi) is 8.03. The molecule has 0 fully saturated rings. The minimum absolute atomic E-state index is 0.0875. The minimum atomic E-state index is -4.27. The average Bonchev–Trinajstić information content (AvgIpc) is 3.36. The van der Waals surface area contributed by atoms with Gasteiger partial charge in [-0.05, 0) is 44.2 Å². The third kappa shape index (κ3) is 5.88. The molecule has 0 N–H and O–H groups in total. The summed E-state index contributed by atoms with van der Waals surface area (Å²) >= 11 is 3.24. The number of thioether (sulfide) groups is 1. The summed E-state index contributed by atoms with van der Waals surface area (Å²) in [5, 5.41) is 1.01. The van der Waals surface area contributed by atoms with Crippen LogP contribution in [0.5, 0.6) is 0 Å². The molecule has 0 unspecified atom stereocenters. The van der Waals surface area contributed by atoms with Gasteiger partial charge in [-0.15, -0.1) is 11.3 Å². The van der Waals surface area contributed by atoms with Crippen LogP contribution in [0.1, 0.15) is 18.2 Å². The van der Waals surface area contributed by atoms with Crippen molar-refractivity contribution in [2.75, 3.05) is 11.9 Å². The lowest BCUT2D eigenvalue weighted by Crippen LogP contribution is -2.34. The topological polar surface area (TPSA) is 86.3 Å². The summed E-state index contributed by atoms with van der Waals surface area (Å²) in [5.41, 5.74) is 3.24. The lowest BCUT2D eigenvalue weighted by molar-refractivity contribution is -0.673. The predicted molar refractivity (Wildman–Crippen MR) is 148 cm³/mol. The molecule has 5 rings (SSSR count). The molecule has 192 valence electrons. The molecule has 7 nitrogen and oxygen atoms in total. The lowest BCUT2D eigenvalue weighted by atomic mass is 10.2. The molecule has 0 amide bonds. The molecule has 1 aliphatic rings. The van der Waals surface area contributed by atoms with Crippen LogP contribution in [0.15, 0.2) is 87.5 Å². The molecule has 3 heterocycles. The lowest BCUT2D eigenvalue weighted by Gasteiger charge is -2.11. The number of aromatic nitrogens is 2. The second-order valence-electron chi connectivity index (χ2n) is 8.40. The number of benzene rings is 2. The van der Waals surface area contributed by atoms with Gasteiger partial charge in [-0.2, -0.15) is 0 Å². The quantitative estimate of drug-likeness (QED) is 0.287. The minimum Gasteiger partial charge on any atom is -0.744 e. The van der Waals surface area contributed by atoms with Crippen molar-refractivity contribution >= 4 is 50.0 Å². The van der Waals surface area contributed by atoms with E-state index < -0.39 is 10.1 Å². The van der Waals surface area contributed by atoms with Crippen molar-refractivity contribution in [3.8, 4) is 0 Å². The first-order chi connectivity index (χ1) is 17.6. The number of thiazole rings is 1. The van der Waals surface area contributed by atoms with Gasteiger partial charge in [-0.1, -0.05) is 41.6 Å². The summed E-state index contributed by atoms with van der Waals surface area (Å²) in [6, 6.07) is 20.1. The Morgan fingerprint density at radius 1 is 1.03 bits per heavy atom. The van der Waals surface area contributed by atoms with Crippen molar-refractivity contribution in [1.29, 1.82) is 0 Å². The first-order valence-corrected chi connectivity index (χ1v) is 14.6. The smallest absolute Gasteiger partial charge is 0.271 e. The Labute approximate surface area is 224 Å². The van der Waals surface area contributed by atoms with Crippen molar-refractivity contribution in [2.45, 2.75) is 30.2 Å². The molecule has 0 bridgehead atoms. The second kappa shape index (κ2) is 11.1. The number of hydrogen-bond donors (Lipinski definition) is 0. The summed E-state index contributed by atoms with van der Waals surface area (Å²) in [5.74, 6) is 0. The fraction of sp³-hybridized carbons (Fsp3) is 0.185. The zero-order valence-corrected chi connectivity index (χ0v) is 23.4. The average molecular weight is 554 g/mol. The fourth-order valence-corrected chi connectivity index (χ4v) is 6.72. The van der Waals surface area contributed by atoms with Crippen LogP contribution in [0.2, 0.25) is 0 Å². The van der Waals surface area contributed by atoms with Crippen molar-refractivity contribution in [3.05, 3.63) is 104 Å². The number of anilines is 1. The van der Waals surface area contributed by atoms with Crippen LogP contribution in [-0.2, 0) is 23.7 Å². The highest BCUT2D eigenvalue weighted by atomic mass is 32.2. The van der Waals surface area contributed by atoms with Crippen LogP contribution < -0.4 is 24.2 Å². The normalized spacial score (nSPS) is 14.8. The predicted octanol–water partition coefficient (Wildman–Crippen LogP) is 2.79. The summed E-state index contributed by atoms with van der Waals surface area (Å²) in [4.78, 5) is 16.2. The highest BCUT2D eigenvalue weighted by Crippen LogP contribution is 2.44. The van der Waals surface area contributed by atoms with Gasteiger partial charge in [0.05, 0.1) is 10.6 Å². The Morgan fingerprint density at radius 3 is 2.32 bits per heavy atom. The van der Waals surface area contributed by atoms with Gasteiger partial charge in [0.25, 0.3) is 5.56 Å². The van der Waals surface area contributed by atoms with E-state index in [1.807, 2.05) is 63.0 Å². The number of para-hydroxylation sites is 1. The largest absolute Gasteiger partial charge is 0.744 e. The van der Waals surface area contributed by atoms with E-state index in [2.05, 4.69) is 33.7 Å². The van der Waals surface area contributed by atoms with E-state index in [0.29, 0.717) is 6.54 Å². The van der Waals surface area contributed by atoms with Gasteiger partial charge >= 0.3 is 0 Å². The van der Waals surface area contributed by atoms with Gasteiger partial charge in [-0.25, -0.2) is 13.0 Å². The standard InChI is InChI=1S/C20H20N3OS2.C7H8O3S/c1-4-23-17(13-14-9-7-8-12-21(14)2)26-18(19(23)24)20-22(3)15-10-5-6-11-16(15)25-20;1-6-2-4-7(5-3-6)11(8,9)10/h5-13H,4H2,1-3H3;2-5H,1H3,(H,8,9,10)/q+1;/p-1. The first kappa shape index (κ1) is 26.9. The summed E-state index contributed by atoms with van der Waals surface area (Å²) in [6.45, 7) is 4.50. The van der Waals surface area contributed by atoms with E-state index >= 15 is 0 Å². The monoisotopic (exact) mass is 553 g/mol. The zero-order valence-electron chi connectivity index (χ0n) is 20.9. The first-order valence-electron chi connectivity index (χ1n) is 11.5. The maximum absolute atomic E-state index is 13.1. The SMILES string of the molecule is CCn1c(=O)c(=C2Sc3ccccc3N2C)s/c1=C\c1cccc[n+]1C.Cc1ccc(S(=O)(=O)[O-])cc1. The molecule has 2 aromatic heterocycles. The molecular formula is C27H27N3O4S3. The van der Waals surface area contributed by atoms with Crippen molar-refractivity contribution < 1.29 is 17.5 Å². The molecule has 10 heteroatoms. The Morgan fingerprint density at radius 2 is 1.70 bits per heavy atom. The number of nitrogens with zero attached hydrogens (tertiary/aromatic N) is 3. The molecule has 0 saturated carbocycles. The number of rotatable bonds is 3. The Bertz CT molecular complexity index is 1720. The Balaban J connectivity index is 0.000000245. The van der Waals surface area contributed by atoms with Crippen molar-refractivity contribution in [3.63, 3.8) is 0 Å². The number of fused-ring (bicyclic) bond motifs is 1.